The molecular weight excluding hydrogens is 834 g/mol. The summed E-state index contributed by atoms with van der Waals surface area (Å²) in [4.78, 5) is 69.1. The average molecular weight is 897 g/mol. The fourth-order valence-electron chi connectivity index (χ4n) is 7.68. The highest BCUT2D eigenvalue weighted by atomic mass is 35.5. The van der Waals surface area contributed by atoms with Gasteiger partial charge in [0, 0.05) is 56.9 Å². The minimum atomic E-state index is -1.84. The maximum absolute atomic E-state index is 14.4. The molecule has 0 aliphatic carbocycles. The fourth-order valence-corrected chi connectivity index (χ4v) is 10.4. The Balaban J connectivity index is 1.67. The highest BCUT2D eigenvalue weighted by molar-refractivity contribution is 8.77. The number of amides is 3. The van der Waals surface area contributed by atoms with Gasteiger partial charge < -0.3 is 43.4 Å². The van der Waals surface area contributed by atoms with Gasteiger partial charge in [-0.2, -0.15) is 0 Å². The standard InChI is InChI=1S/C43H62ClN3O11S2/c1-24-13-12-14-34(55-11)43(53)22-33(57-41(52)45-43)28(5)39-42(7,23-56-39)35(21-37(50)47(9)31-19-30(17-24)20-32(54-10)38(31)44)58-40(51)29(6)46(8)36(49)18-27(4)60-59-26(3)16-15-25(2)48/h12-14,19-20,26-29,33-35,39,53H,15-18,21-23H2,1-11H3,(H,45,52)/b14-12+,24-13+/t26?,27?,28-,29+,33+,34-,35+,39+,42+,43+/m0/s1. The Morgan fingerprint density at radius 3 is 2.45 bits per heavy atom. The number of nitrogens with zero attached hydrogens (tertiary/aromatic N) is 2. The van der Waals surface area contributed by atoms with E-state index in [4.69, 9.17) is 35.3 Å². The highest BCUT2D eigenvalue weighted by Gasteiger charge is 2.58. The van der Waals surface area contributed by atoms with Crippen LogP contribution in [0.5, 0.6) is 5.75 Å². The normalized spacial score (nSPS) is 30.2. The van der Waals surface area contributed by atoms with Gasteiger partial charge in [0.05, 0.1) is 37.3 Å². The molecule has 4 bridgehead atoms. The van der Waals surface area contributed by atoms with Gasteiger partial charge >= 0.3 is 12.1 Å². The Kier molecular flexibility index (Phi) is 17.4. The number of carbonyl (C=O) groups excluding carboxylic acids is 5. The van der Waals surface area contributed by atoms with Crippen molar-refractivity contribution in [2.45, 2.75) is 134 Å². The summed E-state index contributed by atoms with van der Waals surface area (Å²) in [6, 6.07) is 2.60. The molecule has 17 heteroatoms. The van der Waals surface area contributed by atoms with Crippen LogP contribution >= 0.6 is 33.2 Å². The summed E-state index contributed by atoms with van der Waals surface area (Å²) >= 11 is 6.82. The van der Waals surface area contributed by atoms with Gasteiger partial charge in [0.25, 0.3) is 0 Å². The number of allylic oxidation sites excluding steroid dienone is 3. The molecule has 10 atom stereocenters. The second-order valence-electron chi connectivity index (χ2n) is 16.7. The van der Waals surface area contributed by atoms with E-state index in [9.17, 15) is 29.1 Å². The summed E-state index contributed by atoms with van der Waals surface area (Å²) < 4.78 is 29.5. The molecule has 1 aromatic carbocycles. The maximum Gasteiger partial charge on any atom is 0.409 e. The molecular formula is C43H62ClN3O11S2. The summed E-state index contributed by atoms with van der Waals surface area (Å²) in [5.41, 5.74) is -0.709. The quantitative estimate of drug-likeness (QED) is 0.159. The first-order chi connectivity index (χ1) is 28.1. The molecule has 0 spiro atoms. The van der Waals surface area contributed by atoms with Gasteiger partial charge in [-0.05, 0) is 51.3 Å². The molecule has 2 N–H and O–H groups in total. The number of carbonyl (C=O) groups is 5. The number of benzene rings is 1. The molecule has 3 amide bonds. The van der Waals surface area contributed by atoms with Gasteiger partial charge in [-0.1, -0.05) is 84.7 Å². The van der Waals surface area contributed by atoms with Crippen molar-refractivity contribution in [2.24, 2.45) is 11.3 Å². The van der Waals surface area contributed by atoms with E-state index in [2.05, 4.69) is 5.32 Å². The highest BCUT2D eigenvalue weighted by Crippen LogP contribution is 2.48. The van der Waals surface area contributed by atoms with Crippen LogP contribution in [0.4, 0.5) is 10.5 Å². The van der Waals surface area contributed by atoms with Crippen LogP contribution in [0.1, 0.15) is 86.1 Å². The third kappa shape index (κ3) is 12.0. The molecule has 3 heterocycles. The molecule has 0 radical (unpaired) electrons. The first kappa shape index (κ1) is 49.4. The van der Waals surface area contributed by atoms with Crippen molar-refractivity contribution in [3.8, 4) is 5.75 Å². The molecule has 14 nitrogen and oxygen atoms in total. The van der Waals surface area contributed by atoms with Crippen molar-refractivity contribution in [3.05, 3.63) is 46.5 Å². The Morgan fingerprint density at radius 2 is 1.83 bits per heavy atom. The maximum atomic E-state index is 14.4. The van der Waals surface area contributed by atoms with Crippen LogP contribution in [-0.2, 0) is 44.5 Å². The van der Waals surface area contributed by atoms with E-state index >= 15 is 0 Å². The number of likely N-dealkylation sites (N-methyl/N-ethyl adjacent to an activating group) is 1. The molecule has 3 aliphatic rings. The number of rotatable bonds is 13. The average Bonchev–Trinajstić information content (AvgIpc) is 3.18. The zero-order valence-corrected chi connectivity index (χ0v) is 39.0. The van der Waals surface area contributed by atoms with Crippen molar-refractivity contribution in [3.63, 3.8) is 0 Å². The van der Waals surface area contributed by atoms with Crippen LogP contribution in [0.25, 0.3) is 0 Å². The number of fused-ring (bicyclic) bond motifs is 5. The second-order valence-corrected chi connectivity index (χ2v) is 20.2. The number of nitrogens with one attached hydrogen (secondary N) is 1. The van der Waals surface area contributed by atoms with Gasteiger partial charge in [-0.3, -0.25) is 14.9 Å². The summed E-state index contributed by atoms with van der Waals surface area (Å²) in [6.45, 7) is 12.8. The first-order valence-electron chi connectivity index (χ1n) is 20.2. The summed E-state index contributed by atoms with van der Waals surface area (Å²) in [5, 5.41) is 14.8. The lowest BCUT2D eigenvalue weighted by molar-refractivity contribution is -0.261. The van der Waals surface area contributed by atoms with Gasteiger partial charge in [0.1, 0.15) is 40.9 Å². The van der Waals surface area contributed by atoms with Crippen LogP contribution < -0.4 is 15.0 Å². The largest absolute Gasteiger partial charge is 0.495 e. The number of ether oxygens (including phenoxy) is 5. The molecule has 2 saturated heterocycles. The molecule has 1 aromatic rings. The molecule has 60 heavy (non-hydrogen) atoms. The molecule has 0 saturated carbocycles. The monoisotopic (exact) mass is 895 g/mol. The predicted octanol–water partition coefficient (Wildman–Crippen LogP) is 6.68. The van der Waals surface area contributed by atoms with Gasteiger partial charge in [0.2, 0.25) is 11.8 Å². The number of esters is 1. The smallest absolute Gasteiger partial charge is 0.409 e. The number of ketones is 1. The van der Waals surface area contributed by atoms with E-state index in [1.165, 1.54) is 24.0 Å². The lowest BCUT2D eigenvalue weighted by Gasteiger charge is -2.55. The summed E-state index contributed by atoms with van der Waals surface area (Å²) in [5.74, 6) is -1.42. The van der Waals surface area contributed by atoms with Crippen LogP contribution in [0, 0.1) is 11.3 Å². The number of anilines is 1. The molecule has 4 rings (SSSR count). The van der Waals surface area contributed by atoms with Crippen molar-refractivity contribution in [1.82, 2.24) is 10.2 Å². The third-order valence-corrected chi connectivity index (χ3v) is 15.6. The van der Waals surface area contributed by atoms with Crippen LogP contribution in [0.15, 0.2) is 35.9 Å². The minimum Gasteiger partial charge on any atom is -0.495 e. The molecule has 2 fully saturated rings. The van der Waals surface area contributed by atoms with Crippen molar-refractivity contribution < 1.29 is 52.8 Å². The van der Waals surface area contributed by atoms with Crippen LogP contribution in [0.3, 0.4) is 0 Å². The number of hydrogen-bond donors (Lipinski definition) is 2. The molecule has 334 valence electrons. The number of Topliss-reactive ketones (excluding diaryl/α,β-unsaturated/α-hetero) is 1. The van der Waals surface area contributed by atoms with Gasteiger partial charge in [0.15, 0.2) is 5.72 Å². The Morgan fingerprint density at radius 1 is 1.15 bits per heavy atom. The minimum absolute atomic E-state index is 0.0614. The topological polar surface area (TPSA) is 170 Å². The number of hydrogen-bond acceptors (Lipinski definition) is 13. The molecule has 3 aliphatic heterocycles. The van der Waals surface area contributed by atoms with E-state index in [1.807, 2.05) is 46.8 Å². The molecule has 2 unspecified atom stereocenters. The van der Waals surface area contributed by atoms with Gasteiger partial charge in [-0.15, -0.1) is 0 Å². The number of alkyl carbamates (subject to hydrolysis) is 1. The van der Waals surface area contributed by atoms with Crippen molar-refractivity contribution in [1.29, 1.82) is 0 Å². The van der Waals surface area contributed by atoms with Crippen LogP contribution in [0.2, 0.25) is 5.02 Å². The SMILES string of the molecule is COc1cc2cc(c1Cl)N(C)C(=O)C[C@@H](OC(=O)[C@@H](C)N(C)C(=O)CC(C)SSC(C)CCC(C)=O)[C@@]1(C)CO[C@@H]1[C@@H](C)[C@H]1C[C@](O)(NC(=O)O1)[C@@H](OC)/C=C/C=C(\C)C2. The van der Waals surface area contributed by atoms with E-state index < -0.39 is 65.5 Å². The Bertz CT molecular complexity index is 1810. The summed E-state index contributed by atoms with van der Waals surface area (Å²) in [7, 11) is 9.27. The van der Waals surface area contributed by atoms with E-state index in [0.29, 0.717) is 24.3 Å². The Labute approximate surface area is 367 Å². The number of methoxy groups -OCH3 is 2. The van der Waals surface area contributed by atoms with Crippen LogP contribution in [-0.4, -0.2) is 121 Å². The first-order valence-corrected chi connectivity index (χ1v) is 22.9. The fraction of sp³-hybridized carbons (Fsp3) is 0.651. The lowest BCUT2D eigenvalue weighted by atomic mass is 9.67. The van der Waals surface area contributed by atoms with E-state index in [0.717, 1.165) is 17.6 Å². The summed E-state index contributed by atoms with van der Waals surface area (Å²) in [6.07, 6.45) is 2.38. The van der Waals surface area contributed by atoms with E-state index in [-0.39, 0.29) is 53.1 Å². The third-order valence-electron chi connectivity index (χ3n) is 11.7. The van der Waals surface area contributed by atoms with Crippen molar-refractivity contribution >= 4 is 68.5 Å². The number of aliphatic hydroxyl groups is 1. The Hall–Kier alpha value is -3.28. The molecule has 0 aromatic heterocycles. The lowest BCUT2D eigenvalue weighted by Crippen LogP contribution is -2.67. The zero-order chi connectivity index (χ0) is 44.7. The zero-order valence-electron chi connectivity index (χ0n) is 36.6. The van der Waals surface area contributed by atoms with E-state index in [1.54, 1.807) is 67.7 Å². The second kappa shape index (κ2) is 21.2. The predicted molar refractivity (Wildman–Crippen MR) is 234 cm³/mol. The van der Waals surface area contributed by atoms with Crippen molar-refractivity contribution in [2.75, 3.05) is 39.8 Å². The van der Waals surface area contributed by atoms with Gasteiger partial charge in [-0.25, -0.2) is 9.59 Å². The number of halogens is 1.